The Morgan fingerprint density at radius 1 is 1.11 bits per heavy atom. The summed E-state index contributed by atoms with van der Waals surface area (Å²) >= 11 is 5.80. The van der Waals surface area contributed by atoms with Gasteiger partial charge in [0.2, 0.25) is 0 Å². The van der Waals surface area contributed by atoms with Crippen molar-refractivity contribution in [1.29, 1.82) is 0 Å². The van der Waals surface area contributed by atoms with E-state index in [1.54, 1.807) is 4.90 Å². The van der Waals surface area contributed by atoms with Crippen molar-refractivity contribution in [3.63, 3.8) is 0 Å². The Balaban J connectivity index is 3.21. The molecule has 0 aliphatic carbocycles. The summed E-state index contributed by atoms with van der Waals surface area (Å²) in [6, 6.07) is 1.56. The summed E-state index contributed by atoms with van der Waals surface area (Å²) in [6.07, 6.45) is 0. The van der Waals surface area contributed by atoms with Crippen molar-refractivity contribution in [3.05, 3.63) is 34.4 Å². The van der Waals surface area contributed by atoms with E-state index in [0.29, 0.717) is 0 Å². The quantitative estimate of drug-likeness (QED) is 0.767. The summed E-state index contributed by atoms with van der Waals surface area (Å²) in [5.74, 6) is -2.53. The Bertz CT molecular complexity index is 453. The number of carbonyl (C=O) groups excluding carboxylic acids is 1. The highest BCUT2D eigenvalue weighted by molar-refractivity contribution is 6.33. The molecule has 0 unspecified atom stereocenters. The summed E-state index contributed by atoms with van der Waals surface area (Å²) < 4.78 is 26.1. The van der Waals surface area contributed by atoms with Gasteiger partial charge < -0.3 is 4.90 Å². The molecule has 1 rings (SSSR count). The number of nitrogens with zero attached hydrogens (tertiary/aromatic N) is 1. The van der Waals surface area contributed by atoms with Crippen molar-refractivity contribution < 1.29 is 13.6 Å². The summed E-state index contributed by atoms with van der Waals surface area (Å²) in [6.45, 7) is 7.41. The van der Waals surface area contributed by atoms with Gasteiger partial charge in [-0.15, -0.1) is 0 Å². The van der Waals surface area contributed by atoms with Gasteiger partial charge in [-0.3, -0.25) is 4.79 Å². The maximum atomic E-state index is 13.2. The summed E-state index contributed by atoms with van der Waals surface area (Å²) in [7, 11) is 0. The third-order valence-electron chi connectivity index (χ3n) is 2.59. The smallest absolute Gasteiger partial charge is 0.255 e. The number of hydrogen-bond donors (Lipinski definition) is 0. The second-order valence-electron chi connectivity index (χ2n) is 4.65. The largest absolute Gasteiger partial charge is 0.334 e. The molecule has 1 aromatic carbocycles. The zero-order chi connectivity index (χ0) is 14.0. The van der Waals surface area contributed by atoms with E-state index in [9.17, 15) is 13.6 Å². The molecule has 0 spiro atoms. The fourth-order valence-corrected chi connectivity index (χ4v) is 2.12. The van der Waals surface area contributed by atoms with E-state index >= 15 is 0 Å². The lowest BCUT2D eigenvalue weighted by Crippen LogP contribution is -2.42. The van der Waals surface area contributed by atoms with Gasteiger partial charge in [0.05, 0.1) is 10.6 Å². The molecule has 18 heavy (non-hydrogen) atoms. The van der Waals surface area contributed by atoms with E-state index in [1.165, 1.54) is 0 Å². The molecule has 0 heterocycles. The molecule has 0 aromatic heterocycles. The van der Waals surface area contributed by atoms with Crippen LogP contribution in [0, 0.1) is 11.6 Å². The molecule has 0 bridgehead atoms. The van der Waals surface area contributed by atoms with Crippen LogP contribution in [0.5, 0.6) is 0 Å². The number of amides is 1. The molecular weight excluding hydrogens is 260 g/mol. The van der Waals surface area contributed by atoms with Crippen LogP contribution < -0.4 is 0 Å². The first-order valence-electron chi connectivity index (χ1n) is 5.73. The van der Waals surface area contributed by atoms with Crippen molar-refractivity contribution in [2.45, 2.75) is 39.8 Å². The zero-order valence-electron chi connectivity index (χ0n) is 10.8. The maximum absolute atomic E-state index is 13.2. The van der Waals surface area contributed by atoms with Crippen molar-refractivity contribution in [2.75, 3.05) is 0 Å². The standard InChI is InChI=1S/C13H16ClF2NO/c1-7(2)17(8(3)4)13(18)9-5-11(15)12(16)6-10(9)14/h5-8H,1-4H3. The Hall–Kier alpha value is -1.16. The minimum Gasteiger partial charge on any atom is -0.334 e. The third-order valence-corrected chi connectivity index (χ3v) is 2.90. The van der Waals surface area contributed by atoms with Crippen LogP contribution in [-0.2, 0) is 0 Å². The highest BCUT2D eigenvalue weighted by Crippen LogP contribution is 2.23. The van der Waals surface area contributed by atoms with E-state index < -0.39 is 17.5 Å². The number of carbonyl (C=O) groups is 1. The Morgan fingerprint density at radius 2 is 1.56 bits per heavy atom. The van der Waals surface area contributed by atoms with Gasteiger partial charge in [-0.1, -0.05) is 11.6 Å². The first-order valence-corrected chi connectivity index (χ1v) is 6.10. The molecule has 0 radical (unpaired) electrons. The Labute approximate surface area is 111 Å². The predicted octanol–water partition coefficient (Wildman–Crippen LogP) is 3.88. The van der Waals surface area contributed by atoms with Gasteiger partial charge >= 0.3 is 0 Å². The average Bonchev–Trinajstić information content (AvgIpc) is 2.22. The SMILES string of the molecule is CC(C)N(C(=O)c1cc(F)c(F)cc1Cl)C(C)C. The van der Waals surface area contributed by atoms with Crippen LogP contribution in [-0.4, -0.2) is 22.9 Å². The van der Waals surface area contributed by atoms with E-state index in [2.05, 4.69) is 0 Å². The van der Waals surface area contributed by atoms with Crippen molar-refractivity contribution in [3.8, 4) is 0 Å². The maximum Gasteiger partial charge on any atom is 0.255 e. The summed E-state index contributed by atoms with van der Waals surface area (Å²) in [5.41, 5.74) is -0.0158. The third kappa shape index (κ3) is 2.99. The molecular formula is C13H16ClF2NO. The topological polar surface area (TPSA) is 20.3 Å². The molecule has 1 aromatic rings. The monoisotopic (exact) mass is 275 g/mol. The first kappa shape index (κ1) is 14.9. The first-order chi connectivity index (χ1) is 8.25. The molecule has 100 valence electrons. The number of hydrogen-bond acceptors (Lipinski definition) is 1. The molecule has 0 atom stereocenters. The molecule has 0 aliphatic rings. The number of halogens is 3. The summed E-state index contributed by atoms with van der Waals surface area (Å²) in [4.78, 5) is 13.8. The molecule has 1 amide bonds. The van der Waals surface area contributed by atoms with Crippen LogP contribution in [0.1, 0.15) is 38.1 Å². The lowest BCUT2D eigenvalue weighted by molar-refractivity contribution is 0.0643. The lowest BCUT2D eigenvalue weighted by Gasteiger charge is -2.31. The molecule has 5 heteroatoms. The van der Waals surface area contributed by atoms with Gasteiger partial charge in [0.1, 0.15) is 0 Å². The number of benzene rings is 1. The van der Waals surface area contributed by atoms with Crippen molar-refractivity contribution in [1.82, 2.24) is 4.90 Å². The van der Waals surface area contributed by atoms with Crippen molar-refractivity contribution >= 4 is 17.5 Å². The Kier molecular flexibility index (Phi) is 4.68. The van der Waals surface area contributed by atoms with Crippen LogP contribution in [0.2, 0.25) is 5.02 Å². The van der Waals surface area contributed by atoms with Gasteiger partial charge in [0.15, 0.2) is 11.6 Å². The fourth-order valence-electron chi connectivity index (χ4n) is 1.89. The van der Waals surface area contributed by atoms with Crippen molar-refractivity contribution in [2.24, 2.45) is 0 Å². The van der Waals surface area contributed by atoms with Gasteiger partial charge in [-0.2, -0.15) is 0 Å². The zero-order valence-corrected chi connectivity index (χ0v) is 11.6. The number of rotatable bonds is 3. The minimum absolute atomic E-state index is 0.0158. The molecule has 0 saturated heterocycles. The normalized spacial score (nSPS) is 11.2. The van der Waals surface area contributed by atoms with Crippen LogP contribution >= 0.6 is 11.6 Å². The molecule has 0 N–H and O–H groups in total. The van der Waals surface area contributed by atoms with Crippen LogP contribution in [0.4, 0.5) is 8.78 Å². The van der Waals surface area contributed by atoms with Crippen LogP contribution in [0.15, 0.2) is 12.1 Å². The molecule has 0 fully saturated rings. The van der Waals surface area contributed by atoms with Gasteiger partial charge in [0, 0.05) is 12.1 Å². The second kappa shape index (κ2) is 5.65. The molecule has 2 nitrogen and oxygen atoms in total. The minimum atomic E-state index is -1.07. The Morgan fingerprint density at radius 3 is 2.00 bits per heavy atom. The fraction of sp³-hybridized carbons (Fsp3) is 0.462. The predicted molar refractivity (Wildman–Crippen MR) is 67.8 cm³/mol. The second-order valence-corrected chi connectivity index (χ2v) is 5.05. The van der Waals surface area contributed by atoms with E-state index in [-0.39, 0.29) is 22.7 Å². The van der Waals surface area contributed by atoms with E-state index in [1.807, 2.05) is 27.7 Å². The van der Waals surface area contributed by atoms with Gasteiger partial charge in [0.25, 0.3) is 5.91 Å². The molecule has 0 saturated carbocycles. The van der Waals surface area contributed by atoms with Crippen LogP contribution in [0.3, 0.4) is 0 Å². The molecule has 0 aliphatic heterocycles. The highest BCUT2D eigenvalue weighted by atomic mass is 35.5. The van der Waals surface area contributed by atoms with E-state index in [0.717, 1.165) is 12.1 Å². The lowest BCUT2D eigenvalue weighted by atomic mass is 10.1. The van der Waals surface area contributed by atoms with Gasteiger partial charge in [-0.05, 0) is 39.8 Å². The average molecular weight is 276 g/mol. The highest BCUT2D eigenvalue weighted by Gasteiger charge is 2.24. The summed E-state index contributed by atoms with van der Waals surface area (Å²) in [5, 5.41) is -0.0785. The van der Waals surface area contributed by atoms with Crippen LogP contribution in [0.25, 0.3) is 0 Å². The van der Waals surface area contributed by atoms with E-state index in [4.69, 9.17) is 11.6 Å². The van der Waals surface area contributed by atoms with Gasteiger partial charge in [-0.25, -0.2) is 8.78 Å².